The van der Waals surface area contributed by atoms with E-state index in [0.717, 1.165) is 18.3 Å². The molecule has 14 heavy (non-hydrogen) atoms. The minimum Gasteiger partial charge on any atom is -0.494 e. The van der Waals surface area contributed by atoms with Crippen LogP contribution in [0.1, 0.15) is 31.2 Å². The van der Waals surface area contributed by atoms with Gasteiger partial charge in [-0.05, 0) is 31.4 Å². The molecule has 1 aliphatic rings. The second-order valence-electron chi connectivity index (χ2n) is 4.25. The first-order valence-corrected chi connectivity index (χ1v) is 5.54. The molecule has 1 heteroatoms. The maximum atomic E-state index is 5.67. The molecule has 0 heterocycles. The van der Waals surface area contributed by atoms with Gasteiger partial charge in [0.15, 0.2) is 0 Å². The van der Waals surface area contributed by atoms with Crippen molar-refractivity contribution in [2.75, 3.05) is 6.61 Å². The lowest BCUT2D eigenvalue weighted by molar-refractivity contribution is 0.222. The van der Waals surface area contributed by atoms with Crippen molar-refractivity contribution >= 4 is 0 Å². The van der Waals surface area contributed by atoms with Gasteiger partial charge in [0.25, 0.3) is 0 Å². The molecule has 1 saturated carbocycles. The molecular weight excluding hydrogens is 172 g/mol. The minimum atomic E-state index is 0.883. The van der Waals surface area contributed by atoms with E-state index in [1.54, 1.807) is 0 Å². The summed E-state index contributed by atoms with van der Waals surface area (Å²) in [6, 6.07) is 8.30. The van der Waals surface area contributed by atoms with Gasteiger partial charge in [-0.15, -0.1) is 0 Å². The Hall–Kier alpha value is -0.980. The SMILES string of the molecule is Cc1ccc(OCCC2CCC2)cc1. The highest BCUT2D eigenvalue weighted by atomic mass is 16.5. The molecule has 1 fully saturated rings. The summed E-state index contributed by atoms with van der Waals surface area (Å²) >= 11 is 0. The summed E-state index contributed by atoms with van der Waals surface area (Å²) in [5, 5.41) is 0. The van der Waals surface area contributed by atoms with Crippen molar-refractivity contribution in [2.24, 2.45) is 5.92 Å². The fourth-order valence-corrected chi connectivity index (χ4v) is 1.76. The molecule has 0 aliphatic heterocycles. The van der Waals surface area contributed by atoms with E-state index in [0.29, 0.717) is 0 Å². The lowest BCUT2D eigenvalue weighted by atomic mass is 9.83. The Morgan fingerprint density at radius 3 is 2.50 bits per heavy atom. The summed E-state index contributed by atoms with van der Waals surface area (Å²) in [5.74, 6) is 1.95. The number of hydrogen-bond acceptors (Lipinski definition) is 1. The Bertz CT molecular complexity index is 272. The molecule has 0 radical (unpaired) electrons. The predicted octanol–water partition coefficient (Wildman–Crippen LogP) is 3.56. The van der Waals surface area contributed by atoms with Crippen molar-refractivity contribution in [3.05, 3.63) is 29.8 Å². The van der Waals surface area contributed by atoms with Crippen molar-refractivity contribution < 1.29 is 4.74 Å². The molecule has 0 N–H and O–H groups in total. The minimum absolute atomic E-state index is 0.883. The van der Waals surface area contributed by atoms with Crippen LogP contribution in [0.15, 0.2) is 24.3 Å². The van der Waals surface area contributed by atoms with Crippen LogP contribution in [0.3, 0.4) is 0 Å². The van der Waals surface area contributed by atoms with Crippen LogP contribution in [-0.2, 0) is 0 Å². The van der Waals surface area contributed by atoms with Crippen LogP contribution in [-0.4, -0.2) is 6.61 Å². The molecule has 0 aromatic heterocycles. The predicted molar refractivity (Wildman–Crippen MR) is 58.6 cm³/mol. The summed E-state index contributed by atoms with van der Waals surface area (Å²) < 4.78 is 5.67. The number of ether oxygens (including phenoxy) is 1. The van der Waals surface area contributed by atoms with E-state index in [2.05, 4.69) is 31.2 Å². The van der Waals surface area contributed by atoms with Gasteiger partial charge in [0, 0.05) is 0 Å². The second kappa shape index (κ2) is 4.50. The molecular formula is C13H18O. The first kappa shape index (κ1) is 9.57. The maximum Gasteiger partial charge on any atom is 0.119 e. The Morgan fingerprint density at radius 1 is 1.21 bits per heavy atom. The zero-order valence-electron chi connectivity index (χ0n) is 8.83. The Labute approximate surface area is 86.1 Å². The van der Waals surface area contributed by atoms with E-state index < -0.39 is 0 Å². The topological polar surface area (TPSA) is 9.23 Å². The zero-order chi connectivity index (χ0) is 9.80. The summed E-state index contributed by atoms with van der Waals surface area (Å²) in [6.45, 7) is 2.98. The summed E-state index contributed by atoms with van der Waals surface area (Å²) in [6.07, 6.45) is 5.48. The largest absolute Gasteiger partial charge is 0.494 e. The van der Waals surface area contributed by atoms with Crippen molar-refractivity contribution in [3.8, 4) is 5.75 Å². The third-order valence-electron chi connectivity index (χ3n) is 3.04. The van der Waals surface area contributed by atoms with Gasteiger partial charge in [-0.1, -0.05) is 37.0 Å². The third-order valence-corrected chi connectivity index (χ3v) is 3.04. The van der Waals surface area contributed by atoms with E-state index >= 15 is 0 Å². The van der Waals surface area contributed by atoms with E-state index in [1.807, 2.05) is 0 Å². The Kier molecular flexibility index (Phi) is 3.07. The fourth-order valence-electron chi connectivity index (χ4n) is 1.76. The molecule has 0 bridgehead atoms. The average Bonchev–Trinajstić information content (AvgIpc) is 2.12. The normalized spacial score (nSPS) is 16.4. The highest BCUT2D eigenvalue weighted by Gasteiger charge is 2.16. The van der Waals surface area contributed by atoms with Crippen molar-refractivity contribution in [2.45, 2.75) is 32.6 Å². The van der Waals surface area contributed by atoms with Crippen molar-refractivity contribution in [1.82, 2.24) is 0 Å². The quantitative estimate of drug-likeness (QED) is 0.705. The van der Waals surface area contributed by atoms with Gasteiger partial charge in [0.2, 0.25) is 0 Å². The van der Waals surface area contributed by atoms with E-state index in [9.17, 15) is 0 Å². The highest BCUT2D eigenvalue weighted by Crippen LogP contribution is 2.29. The molecule has 0 unspecified atom stereocenters. The van der Waals surface area contributed by atoms with Crippen LogP contribution in [0, 0.1) is 12.8 Å². The summed E-state index contributed by atoms with van der Waals surface area (Å²) in [5.41, 5.74) is 1.29. The van der Waals surface area contributed by atoms with Crippen LogP contribution in [0.5, 0.6) is 5.75 Å². The number of benzene rings is 1. The van der Waals surface area contributed by atoms with E-state index in [1.165, 1.54) is 31.2 Å². The second-order valence-corrected chi connectivity index (χ2v) is 4.25. The maximum absolute atomic E-state index is 5.67. The fraction of sp³-hybridized carbons (Fsp3) is 0.538. The van der Waals surface area contributed by atoms with Gasteiger partial charge in [-0.25, -0.2) is 0 Å². The number of rotatable bonds is 4. The molecule has 1 aliphatic carbocycles. The highest BCUT2D eigenvalue weighted by molar-refractivity contribution is 5.26. The average molecular weight is 190 g/mol. The van der Waals surface area contributed by atoms with Crippen molar-refractivity contribution in [3.63, 3.8) is 0 Å². The first-order valence-electron chi connectivity index (χ1n) is 5.54. The molecule has 2 rings (SSSR count). The van der Waals surface area contributed by atoms with Crippen LogP contribution >= 0.6 is 0 Å². The van der Waals surface area contributed by atoms with Crippen LogP contribution in [0.4, 0.5) is 0 Å². The first-order chi connectivity index (χ1) is 6.84. The van der Waals surface area contributed by atoms with Crippen LogP contribution in [0.25, 0.3) is 0 Å². The molecule has 1 aromatic carbocycles. The van der Waals surface area contributed by atoms with Gasteiger partial charge in [0.05, 0.1) is 6.61 Å². The van der Waals surface area contributed by atoms with E-state index in [4.69, 9.17) is 4.74 Å². The molecule has 76 valence electrons. The molecule has 0 spiro atoms. The summed E-state index contributed by atoms with van der Waals surface area (Å²) in [4.78, 5) is 0. The van der Waals surface area contributed by atoms with Crippen LogP contribution < -0.4 is 4.74 Å². The standard InChI is InChI=1S/C13H18O/c1-11-5-7-13(8-6-11)14-10-9-12-3-2-4-12/h5-8,12H,2-4,9-10H2,1H3. The smallest absolute Gasteiger partial charge is 0.119 e. The zero-order valence-corrected chi connectivity index (χ0v) is 8.83. The lowest BCUT2D eigenvalue weighted by Gasteiger charge is -2.24. The summed E-state index contributed by atoms with van der Waals surface area (Å²) in [7, 11) is 0. The van der Waals surface area contributed by atoms with Crippen molar-refractivity contribution in [1.29, 1.82) is 0 Å². The molecule has 0 amide bonds. The van der Waals surface area contributed by atoms with Gasteiger partial charge >= 0.3 is 0 Å². The van der Waals surface area contributed by atoms with Crippen LogP contribution in [0.2, 0.25) is 0 Å². The molecule has 1 aromatic rings. The van der Waals surface area contributed by atoms with Gasteiger partial charge in [-0.3, -0.25) is 0 Å². The van der Waals surface area contributed by atoms with E-state index in [-0.39, 0.29) is 0 Å². The number of aryl methyl sites for hydroxylation is 1. The van der Waals surface area contributed by atoms with Gasteiger partial charge < -0.3 is 4.74 Å². The Morgan fingerprint density at radius 2 is 1.93 bits per heavy atom. The Balaban J connectivity index is 1.71. The molecule has 0 atom stereocenters. The number of hydrogen-bond donors (Lipinski definition) is 0. The lowest BCUT2D eigenvalue weighted by Crippen LogP contribution is -2.14. The monoisotopic (exact) mass is 190 g/mol. The third kappa shape index (κ3) is 2.50. The molecule has 0 saturated heterocycles. The van der Waals surface area contributed by atoms with Gasteiger partial charge in [-0.2, -0.15) is 0 Å². The molecule has 1 nitrogen and oxygen atoms in total. The van der Waals surface area contributed by atoms with Gasteiger partial charge in [0.1, 0.15) is 5.75 Å².